The number of rotatable bonds is 10. The van der Waals surface area contributed by atoms with Gasteiger partial charge in [0.05, 0.1) is 6.61 Å². The van der Waals surface area contributed by atoms with Gasteiger partial charge >= 0.3 is 0 Å². The molecule has 2 nitrogen and oxygen atoms in total. The lowest BCUT2D eigenvalue weighted by atomic mass is 9.76. The Labute approximate surface area is 148 Å². The number of hydrogen-bond acceptors (Lipinski definition) is 2. The highest BCUT2D eigenvalue weighted by Crippen LogP contribution is 2.37. The van der Waals surface area contributed by atoms with E-state index in [9.17, 15) is 5.11 Å². The summed E-state index contributed by atoms with van der Waals surface area (Å²) in [5.74, 6) is 0.513. The average molecular weight is 332 g/mol. The third-order valence-electron chi connectivity index (χ3n) is 5.54. The molecule has 24 heavy (non-hydrogen) atoms. The molecule has 0 amide bonds. The Kier molecular flexibility index (Phi) is 7.77. The summed E-state index contributed by atoms with van der Waals surface area (Å²) >= 11 is 0. The standard InChI is InChI=1S/C22H37NO/c1-3-4-5-6-7-8-10-18-13-14-21-19(15-18)11-9-12-20(21)16-22(2,23)17-24/h13-15,20,24H,3-12,16-17,23H2,1-2H3/t20-,22-/m1/s1. The molecule has 136 valence electrons. The van der Waals surface area contributed by atoms with Gasteiger partial charge in [-0.3, -0.25) is 0 Å². The minimum Gasteiger partial charge on any atom is -0.394 e. The first-order chi connectivity index (χ1) is 11.6. The number of benzene rings is 1. The molecule has 2 rings (SSSR count). The van der Waals surface area contributed by atoms with Crippen LogP contribution in [-0.4, -0.2) is 17.3 Å². The Hall–Kier alpha value is -0.860. The minimum absolute atomic E-state index is 0.0644. The molecule has 0 radical (unpaired) electrons. The highest BCUT2D eigenvalue weighted by atomic mass is 16.3. The van der Waals surface area contributed by atoms with Gasteiger partial charge in [-0.15, -0.1) is 0 Å². The molecule has 0 unspecified atom stereocenters. The zero-order valence-corrected chi connectivity index (χ0v) is 15.8. The summed E-state index contributed by atoms with van der Waals surface area (Å²) in [7, 11) is 0. The quantitative estimate of drug-likeness (QED) is 0.585. The smallest absolute Gasteiger partial charge is 0.0608 e. The van der Waals surface area contributed by atoms with Crippen LogP contribution in [0.15, 0.2) is 18.2 Å². The monoisotopic (exact) mass is 331 g/mol. The van der Waals surface area contributed by atoms with Crippen LogP contribution < -0.4 is 5.73 Å². The van der Waals surface area contributed by atoms with Gasteiger partial charge in [-0.05, 0) is 68.1 Å². The van der Waals surface area contributed by atoms with E-state index in [1.807, 2.05) is 6.92 Å². The first-order valence-corrected chi connectivity index (χ1v) is 10.1. The molecule has 0 saturated heterocycles. The van der Waals surface area contributed by atoms with Crippen molar-refractivity contribution >= 4 is 0 Å². The molecule has 3 N–H and O–H groups in total. The molecule has 1 aliphatic rings. The molecule has 0 aromatic heterocycles. The Balaban J connectivity index is 1.90. The van der Waals surface area contributed by atoms with Gasteiger partial charge in [0.1, 0.15) is 0 Å². The number of aliphatic hydroxyl groups is 1. The van der Waals surface area contributed by atoms with Gasteiger partial charge in [0.15, 0.2) is 0 Å². The first kappa shape index (κ1) is 19.5. The van der Waals surface area contributed by atoms with Crippen molar-refractivity contribution in [2.75, 3.05) is 6.61 Å². The SMILES string of the molecule is CCCCCCCCc1ccc2c(c1)CCC[C@@H]2C[C@@](C)(N)CO. The minimum atomic E-state index is -0.462. The van der Waals surface area contributed by atoms with E-state index in [-0.39, 0.29) is 6.61 Å². The molecule has 0 fully saturated rings. The molecule has 1 aromatic rings. The van der Waals surface area contributed by atoms with Crippen LogP contribution in [-0.2, 0) is 12.8 Å². The second-order valence-corrected chi connectivity index (χ2v) is 8.16. The highest BCUT2D eigenvalue weighted by Gasteiger charge is 2.27. The predicted molar refractivity (Wildman–Crippen MR) is 103 cm³/mol. The summed E-state index contributed by atoms with van der Waals surface area (Å²) in [4.78, 5) is 0. The molecular weight excluding hydrogens is 294 g/mol. The second-order valence-electron chi connectivity index (χ2n) is 8.16. The molecule has 2 heteroatoms. The maximum atomic E-state index is 9.47. The number of fused-ring (bicyclic) bond motifs is 1. The van der Waals surface area contributed by atoms with Gasteiger partial charge in [-0.25, -0.2) is 0 Å². The molecule has 0 bridgehead atoms. The normalized spacial score (nSPS) is 19.8. The maximum absolute atomic E-state index is 9.47. The Morgan fingerprint density at radius 2 is 1.92 bits per heavy atom. The number of nitrogens with two attached hydrogens (primary N) is 1. The number of aliphatic hydroxyl groups excluding tert-OH is 1. The van der Waals surface area contributed by atoms with E-state index in [4.69, 9.17) is 5.73 Å². The van der Waals surface area contributed by atoms with Gasteiger partial charge in [-0.1, -0.05) is 57.2 Å². The largest absolute Gasteiger partial charge is 0.394 e. The fourth-order valence-corrected chi connectivity index (χ4v) is 4.07. The van der Waals surface area contributed by atoms with Crippen molar-refractivity contribution < 1.29 is 5.11 Å². The number of aryl methyl sites for hydroxylation is 2. The van der Waals surface area contributed by atoms with Gasteiger partial charge < -0.3 is 10.8 Å². The molecule has 1 aromatic carbocycles. The predicted octanol–water partition coefficient (Wildman–Crippen LogP) is 5.11. The van der Waals surface area contributed by atoms with Crippen molar-refractivity contribution in [3.8, 4) is 0 Å². The molecule has 1 aliphatic carbocycles. The van der Waals surface area contributed by atoms with Crippen molar-refractivity contribution in [2.45, 2.75) is 95.9 Å². The van der Waals surface area contributed by atoms with Crippen LogP contribution in [0.4, 0.5) is 0 Å². The van der Waals surface area contributed by atoms with E-state index in [0.29, 0.717) is 5.92 Å². The Morgan fingerprint density at radius 1 is 1.17 bits per heavy atom. The van der Waals surface area contributed by atoms with Crippen molar-refractivity contribution in [1.29, 1.82) is 0 Å². The summed E-state index contributed by atoms with van der Waals surface area (Å²) in [5.41, 5.74) is 10.3. The third kappa shape index (κ3) is 5.89. The lowest BCUT2D eigenvalue weighted by Gasteiger charge is -2.32. The topological polar surface area (TPSA) is 46.2 Å². The van der Waals surface area contributed by atoms with Crippen LogP contribution in [0.2, 0.25) is 0 Å². The summed E-state index contributed by atoms with van der Waals surface area (Å²) in [6.45, 7) is 4.30. The molecule has 0 saturated carbocycles. The molecular formula is C22H37NO. The van der Waals surface area contributed by atoms with E-state index < -0.39 is 5.54 Å². The molecule has 0 heterocycles. The lowest BCUT2D eigenvalue weighted by molar-refractivity contribution is 0.189. The Morgan fingerprint density at radius 3 is 2.67 bits per heavy atom. The molecule has 2 atom stereocenters. The lowest BCUT2D eigenvalue weighted by Crippen LogP contribution is -2.42. The van der Waals surface area contributed by atoms with Crippen LogP contribution in [0.5, 0.6) is 0 Å². The van der Waals surface area contributed by atoms with E-state index in [1.54, 1.807) is 0 Å². The maximum Gasteiger partial charge on any atom is 0.0608 e. The van der Waals surface area contributed by atoms with E-state index in [0.717, 1.165) is 6.42 Å². The van der Waals surface area contributed by atoms with Crippen LogP contribution >= 0.6 is 0 Å². The van der Waals surface area contributed by atoms with E-state index in [1.165, 1.54) is 80.9 Å². The fraction of sp³-hybridized carbons (Fsp3) is 0.727. The van der Waals surface area contributed by atoms with E-state index in [2.05, 4.69) is 25.1 Å². The van der Waals surface area contributed by atoms with Crippen molar-refractivity contribution in [1.82, 2.24) is 0 Å². The van der Waals surface area contributed by atoms with Gasteiger partial charge in [-0.2, -0.15) is 0 Å². The van der Waals surface area contributed by atoms with Gasteiger partial charge in [0.25, 0.3) is 0 Å². The van der Waals surface area contributed by atoms with Crippen LogP contribution in [0.1, 0.15) is 94.2 Å². The van der Waals surface area contributed by atoms with Gasteiger partial charge in [0, 0.05) is 5.54 Å². The van der Waals surface area contributed by atoms with Crippen molar-refractivity contribution in [3.05, 3.63) is 34.9 Å². The third-order valence-corrected chi connectivity index (χ3v) is 5.54. The average Bonchev–Trinajstić information content (AvgIpc) is 2.58. The van der Waals surface area contributed by atoms with Crippen molar-refractivity contribution in [3.63, 3.8) is 0 Å². The molecule has 0 aliphatic heterocycles. The van der Waals surface area contributed by atoms with Crippen LogP contribution in [0, 0.1) is 0 Å². The van der Waals surface area contributed by atoms with Crippen molar-refractivity contribution in [2.24, 2.45) is 5.73 Å². The Bertz CT molecular complexity index is 495. The summed E-state index contributed by atoms with van der Waals surface area (Å²) in [6.07, 6.45) is 13.9. The zero-order valence-electron chi connectivity index (χ0n) is 15.8. The zero-order chi connectivity index (χ0) is 17.4. The van der Waals surface area contributed by atoms with Gasteiger partial charge in [0.2, 0.25) is 0 Å². The summed E-state index contributed by atoms with van der Waals surface area (Å²) in [5, 5.41) is 9.47. The summed E-state index contributed by atoms with van der Waals surface area (Å²) in [6, 6.07) is 7.12. The molecule has 0 spiro atoms. The van der Waals surface area contributed by atoms with Crippen LogP contribution in [0.3, 0.4) is 0 Å². The first-order valence-electron chi connectivity index (χ1n) is 10.1. The summed E-state index contributed by atoms with van der Waals surface area (Å²) < 4.78 is 0. The highest BCUT2D eigenvalue weighted by molar-refractivity contribution is 5.37. The number of hydrogen-bond donors (Lipinski definition) is 2. The number of unbranched alkanes of at least 4 members (excludes halogenated alkanes) is 5. The van der Waals surface area contributed by atoms with E-state index >= 15 is 0 Å². The van der Waals surface area contributed by atoms with Crippen LogP contribution in [0.25, 0.3) is 0 Å². The fourth-order valence-electron chi connectivity index (χ4n) is 4.07. The second kappa shape index (κ2) is 9.58.